The van der Waals surface area contributed by atoms with Gasteiger partial charge in [0.1, 0.15) is 18.8 Å². The van der Waals surface area contributed by atoms with Crippen molar-refractivity contribution in [1.82, 2.24) is 10.3 Å². The van der Waals surface area contributed by atoms with Gasteiger partial charge in [-0.25, -0.2) is 5.43 Å². The summed E-state index contributed by atoms with van der Waals surface area (Å²) in [6, 6.07) is 6.88. The van der Waals surface area contributed by atoms with Gasteiger partial charge in [-0.2, -0.15) is 15.6 Å². The third-order valence-electron chi connectivity index (χ3n) is 4.37. The molecule has 9 heteroatoms. The van der Waals surface area contributed by atoms with Gasteiger partial charge in [0.25, 0.3) is 5.91 Å². The Morgan fingerprint density at radius 1 is 1.29 bits per heavy atom. The van der Waals surface area contributed by atoms with Crippen LogP contribution in [0.15, 0.2) is 32.3 Å². The minimum absolute atomic E-state index is 0.0856. The number of hydrogen-bond donors (Lipinski definition) is 1. The molecule has 1 N–H and O–H groups in total. The van der Waals surface area contributed by atoms with Gasteiger partial charge in [0.2, 0.25) is 0 Å². The fourth-order valence-corrected chi connectivity index (χ4v) is 3.08. The predicted octanol–water partition coefficient (Wildman–Crippen LogP) is 2.14. The molecule has 0 aliphatic heterocycles. The van der Waals surface area contributed by atoms with Gasteiger partial charge in [-0.1, -0.05) is 0 Å². The number of nitrogens with zero attached hydrogens (tertiary/aromatic N) is 4. The van der Waals surface area contributed by atoms with E-state index in [9.17, 15) is 9.59 Å². The summed E-state index contributed by atoms with van der Waals surface area (Å²) in [5.74, 6) is -0.163. The lowest BCUT2D eigenvalue weighted by atomic mass is 9.93. The van der Waals surface area contributed by atoms with Crippen molar-refractivity contribution in [2.24, 2.45) is 5.10 Å². The van der Waals surface area contributed by atoms with Crippen molar-refractivity contribution in [3.8, 4) is 12.1 Å². The monoisotopic (exact) mass is 379 g/mol. The molecule has 3 rings (SSSR count). The van der Waals surface area contributed by atoms with E-state index in [-0.39, 0.29) is 24.6 Å². The molecule has 0 saturated heterocycles. The van der Waals surface area contributed by atoms with Crippen molar-refractivity contribution in [2.45, 2.75) is 26.2 Å². The highest BCUT2D eigenvalue weighted by Gasteiger charge is 2.30. The van der Waals surface area contributed by atoms with Gasteiger partial charge >= 0.3 is 5.91 Å². The van der Waals surface area contributed by atoms with Crippen LogP contribution >= 0.6 is 0 Å². The zero-order valence-corrected chi connectivity index (χ0v) is 15.2. The lowest BCUT2D eigenvalue weighted by Crippen LogP contribution is -2.32. The van der Waals surface area contributed by atoms with Crippen LogP contribution in [0, 0.1) is 29.6 Å². The Labute approximate surface area is 160 Å². The molecule has 1 aliphatic rings. The summed E-state index contributed by atoms with van der Waals surface area (Å²) >= 11 is 0. The Morgan fingerprint density at radius 2 is 2.04 bits per heavy atom. The number of rotatable bonds is 5. The zero-order chi connectivity index (χ0) is 20.1. The Bertz CT molecular complexity index is 989. The molecule has 0 aromatic carbocycles. The maximum absolute atomic E-state index is 12.7. The number of aryl methyl sites for hydroxylation is 1. The van der Waals surface area contributed by atoms with E-state index in [1.165, 1.54) is 12.3 Å². The summed E-state index contributed by atoms with van der Waals surface area (Å²) in [5, 5.41) is 22.0. The van der Waals surface area contributed by atoms with Crippen LogP contribution in [0.2, 0.25) is 0 Å². The highest BCUT2D eigenvalue weighted by molar-refractivity contribution is 6.07. The first-order chi connectivity index (χ1) is 13.6. The highest BCUT2D eigenvalue weighted by Crippen LogP contribution is 2.30. The number of nitrogens with one attached hydrogen (secondary N) is 1. The molecule has 0 saturated carbocycles. The van der Waals surface area contributed by atoms with E-state index < -0.39 is 11.8 Å². The molecule has 0 fully saturated rings. The van der Waals surface area contributed by atoms with Gasteiger partial charge in [0.15, 0.2) is 11.5 Å². The lowest BCUT2D eigenvalue weighted by Gasteiger charge is -2.14. The van der Waals surface area contributed by atoms with Crippen LogP contribution in [0.5, 0.6) is 0 Å². The Morgan fingerprint density at radius 3 is 2.68 bits per heavy atom. The third kappa shape index (κ3) is 3.64. The van der Waals surface area contributed by atoms with Crippen molar-refractivity contribution < 1.29 is 18.4 Å². The molecule has 0 bridgehead atoms. The van der Waals surface area contributed by atoms with Gasteiger partial charge in [0, 0.05) is 17.5 Å². The fourth-order valence-electron chi connectivity index (χ4n) is 3.08. The normalized spacial score (nSPS) is 14.0. The van der Waals surface area contributed by atoms with Crippen LogP contribution in [0.3, 0.4) is 0 Å². The molecule has 28 heavy (non-hydrogen) atoms. The maximum Gasteiger partial charge on any atom is 0.307 e. The van der Waals surface area contributed by atoms with Crippen LogP contribution in [0.25, 0.3) is 0 Å². The molecular weight excluding hydrogens is 362 g/mol. The van der Waals surface area contributed by atoms with Crippen LogP contribution in [0.1, 0.15) is 50.8 Å². The standard InChI is InChI=1S/C19H17N5O4/c1-12-16-13(22-23-18(25)15-6-3-11-27-15)4-2-5-14(16)28-17(12)19(26)24(9-7-20)10-8-21/h3,6,11H,2,4-5,9-10H2,1H3,(H,23,25)/b22-13+. The van der Waals surface area contributed by atoms with Crippen molar-refractivity contribution >= 4 is 17.5 Å². The molecule has 2 heterocycles. The SMILES string of the molecule is Cc1c(C(=O)N(CC#N)CC#N)oc2c1/C(=N/NC(=O)c1ccco1)CCC2. The molecule has 142 valence electrons. The topological polar surface area (TPSA) is 136 Å². The predicted molar refractivity (Wildman–Crippen MR) is 96.2 cm³/mol. The summed E-state index contributed by atoms with van der Waals surface area (Å²) in [4.78, 5) is 25.9. The van der Waals surface area contributed by atoms with Gasteiger partial charge in [-0.3, -0.25) is 9.59 Å². The molecule has 0 unspecified atom stereocenters. The Kier molecular flexibility index (Phi) is 5.56. The molecule has 2 aromatic heterocycles. The van der Waals surface area contributed by atoms with Crippen molar-refractivity contribution in [3.05, 3.63) is 46.8 Å². The molecule has 0 spiro atoms. The Hall–Kier alpha value is -3.85. The molecule has 9 nitrogen and oxygen atoms in total. The quantitative estimate of drug-likeness (QED) is 0.624. The van der Waals surface area contributed by atoms with E-state index in [0.717, 1.165) is 11.3 Å². The molecule has 0 atom stereocenters. The van der Waals surface area contributed by atoms with E-state index >= 15 is 0 Å². The largest absolute Gasteiger partial charge is 0.459 e. The first kappa shape index (κ1) is 18.9. The smallest absolute Gasteiger partial charge is 0.307 e. The second-order valence-electron chi connectivity index (χ2n) is 6.16. The second kappa shape index (κ2) is 8.23. The van der Waals surface area contributed by atoms with Crippen LogP contribution in [0.4, 0.5) is 0 Å². The van der Waals surface area contributed by atoms with Crippen molar-refractivity contribution in [2.75, 3.05) is 13.1 Å². The van der Waals surface area contributed by atoms with Crippen LogP contribution in [-0.4, -0.2) is 35.5 Å². The fraction of sp³-hybridized carbons (Fsp3) is 0.316. The average Bonchev–Trinajstić information content (AvgIpc) is 3.34. The van der Waals surface area contributed by atoms with Crippen molar-refractivity contribution in [1.29, 1.82) is 10.5 Å². The summed E-state index contributed by atoms with van der Waals surface area (Å²) < 4.78 is 10.8. The number of furan rings is 2. The minimum Gasteiger partial charge on any atom is -0.459 e. The van der Waals surface area contributed by atoms with Gasteiger partial charge in [-0.15, -0.1) is 0 Å². The first-order valence-electron chi connectivity index (χ1n) is 8.63. The summed E-state index contributed by atoms with van der Waals surface area (Å²) in [6.45, 7) is 1.30. The number of carbonyl (C=O) groups excluding carboxylic acids is 2. The number of carbonyl (C=O) groups is 2. The first-order valence-corrected chi connectivity index (χ1v) is 8.63. The molecule has 2 amide bonds. The summed E-state index contributed by atoms with van der Waals surface area (Å²) in [6.07, 6.45) is 3.39. The molecule has 0 radical (unpaired) electrons. The van der Waals surface area contributed by atoms with E-state index in [1.807, 2.05) is 12.1 Å². The van der Waals surface area contributed by atoms with Gasteiger partial charge in [-0.05, 0) is 31.9 Å². The molecule has 1 aliphatic carbocycles. The van der Waals surface area contributed by atoms with E-state index in [0.29, 0.717) is 35.4 Å². The maximum atomic E-state index is 12.7. The molecular formula is C19H17N5O4. The van der Waals surface area contributed by atoms with Gasteiger partial charge < -0.3 is 13.7 Å². The summed E-state index contributed by atoms with van der Waals surface area (Å²) in [5.41, 5.74) is 4.32. The lowest BCUT2D eigenvalue weighted by molar-refractivity contribution is 0.0760. The van der Waals surface area contributed by atoms with Crippen LogP contribution < -0.4 is 5.43 Å². The number of hydrazone groups is 1. The number of hydrogen-bond acceptors (Lipinski definition) is 7. The van der Waals surface area contributed by atoms with Crippen molar-refractivity contribution in [3.63, 3.8) is 0 Å². The van der Waals surface area contributed by atoms with E-state index in [4.69, 9.17) is 19.4 Å². The number of amides is 2. The molecule has 2 aromatic rings. The summed E-state index contributed by atoms with van der Waals surface area (Å²) in [7, 11) is 0. The number of nitriles is 2. The Balaban J connectivity index is 1.89. The third-order valence-corrected chi connectivity index (χ3v) is 4.37. The van der Waals surface area contributed by atoms with Crippen LogP contribution in [-0.2, 0) is 6.42 Å². The number of fused-ring (bicyclic) bond motifs is 1. The minimum atomic E-state index is -0.519. The average molecular weight is 379 g/mol. The highest BCUT2D eigenvalue weighted by atomic mass is 16.4. The zero-order valence-electron chi connectivity index (χ0n) is 15.2. The second-order valence-corrected chi connectivity index (χ2v) is 6.16. The van der Waals surface area contributed by atoms with Gasteiger partial charge in [0.05, 0.1) is 24.1 Å². The van der Waals surface area contributed by atoms with E-state index in [1.54, 1.807) is 13.0 Å². The van der Waals surface area contributed by atoms with E-state index in [2.05, 4.69) is 10.5 Å².